The molecular formula is C43H58Cl4N5O13PS. The molecule has 67 heavy (non-hydrogen) atoms. The number of aryl methyl sites for hydroxylation is 2. The minimum absolute atomic E-state index is 0.0352. The largest absolute Gasteiger partial charge is 0.778 e. The van der Waals surface area contributed by atoms with E-state index < -0.39 is 41.9 Å². The number of nitrogen functional groups attached to an aromatic ring is 1. The number of para-hydroxylation sites is 2. The van der Waals surface area contributed by atoms with E-state index in [4.69, 9.17) is 80.8 Å². The molecule has 18 nitrogen and oxygen atoms in total. The number of nitro benzene ring substituents is 1. The van der Waals surface area contributed by atoms with Crippen LogP contribution in [0.2, 0.25) is 5.02 Å². The lowest BCUT2D eigenvalue weighted by Gasteiger charge is -2.29. The number of carbonyl (C=O) groups excluding carboxylic acids is 2. The minimum Gasteiger partial charge on any atom is -0.778 e. The Balaban J connectivity index is 0.000000442. The molecule has 0 radical (unpaired) electrons. The molecule has 0 spiro atoms. The van der Waals surface area contributed by atoms with Crippen molar-refractivity contribution in [3.05, 3.63) is 111 Å². The van der Waals surface area contributed by atoms with E-state index in [2.05, 4.69) is 25.7 Å². The Morgan fingerprint density at radius 2 is 1.70 bits per heavy atom. The maximum Gasteiger partial charge on any atom is 0.317 e. The molecule has 4 aromatic rings. The van der Waals surface area contributed by atoms with E-state index in [-0.39, 0.29) is 52.7 Å². The number of benzene rings is 3. The van der Waals surface area contributed by atoms with Crippen LogP contribution in [0, 0.1) is 17.0 Å². The van der Waals surface area contributed by atoms with Crippen LogP contribution in [0.4, 0.5) is 17.1 Å². The summed E-state index contributed by atoms with van der Waals surface area (Å²) in [6.07, 6.45) is 8.03. The molecule has 2 heterocycles. The molecule has 5 rings (SSSR count). The van der Waals surface area contributed by atoms with Crippen molar-refractivity contribution in [3.8, 4) is 11.5 Å². The van der Waals surface area contributed by atoms with Gasteiger partial charge in [-0.15, -0.1) is 11.6 Å². The van der Waals surface area contributed by atoms with Crippen LogP contribution < -0.4 is 25.6 Å². The number of nitrogens with two attached hydrogens (primary N) is 1. The predicted molar refractivity (Wildman–Crippen MR) is 264 cm³/mol. The van der Waals surface area contributed by atoms with Crippen molar-refractivity contribution in [2.75, 3.05) is 68.0 Å². The first-order chi connectivity index (χ1) is 31.3. The minimum atomic E-state index is -4.35. The molecule has 1 fully saturated rings. The fourth-order valence-corrected chi connectivity index (χ4v) is 6.53. The highest BCUT2D eigenvalue weighted by atomic mass is 35.5. The van der Waals surface area contributed by atoms with Crippen LogP contribution >= 0.6 is 54.0 Å². The maximum absolute atomic E-state index is 12.0. The van der Waals surface area contributed by atoms with Gasteiger partial charge in [-0.2, -0.15) is 0 Å². The van der Waals surface area contributed by atoms with Crippen LogP contribution in [-0.2, 0) is 45.7 Å². The zero-order valence-electron chi connectivity index (χ0n) is 38.3. The predicted octanol–water partition coefficient (Wildman–Crippen LogP) is 8.12. The Bertz CT molecular complexity index is 2200. The van der Waals surface area contributed by atoms with Crippen LogP contribution in [0.15, 0.2) is 83.5 Å². The Hall–Kier alpha value is -4.11. The summed E-state index contributed by atoms with van der Waals surface area (Å²) < 4.78 is 31.8. The number of ether oxygens (including phenoxy) is 3. The number of nitrogens with one attached hydrogen (secondary N) is 1. The van der Waals surface area contributed by atoms with E-state index in [1.165, 1.54) is 17.0 Å². The average Bonchev–Trinajstić information content (AvgIpc) is 3.90. The van der Waals surface area contributed by atoms with Crippen molar-refractivity contribution in [3.63, 3.8) is 0 Å². The van der Waals surface area contributed by atoms with Crippen molar-refractivity contribution in [1.29, 1.82) is 0 Å². The topological polar surface area (TPSA) is 260 Å². The van der Waals surface area contributed by atoms with Crippen molar-refractivity contribution in [2.24, 2.45) is 0 Å². The van der Waals surface area contributed by atoms with Gasteiger partial charge >= 0.3 is 5.97 Å². The van der Waals surface area contributed by atoms with Gasteiger partial charge in [0, 0.05) is 12.7 Å². The van der Waals surface area contributed by atoms with Crippen LogP contribution in [0.25, 0.3) is 0 Å². The van der Waals surface area contributed by atoms with Crippen molar-refractivity contribution in [2.45, 2.75) is 57.7 Å². The van der Waals surface area contributed by atoms with E-state index >= 15 is 0 Å². The molecule has 24 heteroatoms. The van der Waals surface area contributed by atoms with Gasteiger partial charge in [-0.3, -0.25) is 34.7 Å². The van der Waals surface area contributed by atoms with E-state index in [1.54, 1.807) is 55.3 Å². The summed E-state index contributed by atoms with van der Waals surface area (Å²) in [4.78, 5) is 63.7. The quantitative estimate of drug-likeness (QED) is 0.0167. The first-order valence-electron chi connectivity index (χ1n) is 20.0. The number of carbonyl (C=O) groups is 3. The van der Waals surface area contributed by atoms with E-state index in [0.29, 0.717) is 35.6 Å². The number of rotatable bonds is 15. The highest BCUT2D eigenvalue weighted by molar-refractivity contribution is 7.94. The zero-order valence-corrected chi connectivity index (χ0v) is 43.0. The average molecular weight is 1060 g/mol. The standard InChI is InChI=1S/C14H20ClNO2.C12H9ClN2O3.C11H13Cl2NO3.C3H8NO5P.C3H9S/c1-4-12-8-6-7-11(3)14(12)16(10-18-5-2)13(17)9-15;13-11-10(18-8-4-2-1-3-5-8)7-6-9(12(11)14)15(16)17;1-11(2)14(10(15)9(12)13)6-8(17-11)7-4-3-5-16-7;5-3(6)1-4-2-10(7,8)9;1-4(2)3/h6-8H,4-5,9-10H2,1-3H3;1-7H,14H2;3-5,8-9H,6H2,1-2H3;4H,1-2H2,(H,5,6)(H2,7,8,9);1-3H3/q;;;;+1/p-1. The number of alkyl halides is 3. The normalized spacial score (nSPS) is 14.4. The first kappa shape index (κ1) is 60.9. The summed E-state index contributed by atoms with van der Waals surface area (Å²) in [5.74, 6) is -0.146. The molecular weight excluding hydrogens is 999 g/mol. The lowest BCUT2D eigenvalue weighted by molar-refractivity contribution is -0.383. The van der Waals surface area contributed by atoms with Crippen LogP contribution in [0.5, 0.6) is 11.5 Å². The number of halogens is 4. The summed E-state index contributed by atoms with van der Waals surface area (Å²) in [6, 6.07) is 21.2. The second-order valence-corrected chi connectivity index (χ2v) is 20.4. The monoisotopic (exact) mass is 1060 g/mol. The molecule has 3 aromatic carbocycles. The zero-order chi connectivity index (χ0) is 51.1. The lowest BCUT2D eigenvalue weighted by Crippen LogP contribution is -2.45. The van der Waals surface area contributed by atoms with Gasteiger partial charge < -0.3 is 48.7 Å². The summed E-state index contributed by atoms with van der Waals surface area (Å²) in [5.41, 5.74) is 7.63. The van der Waals surface area contributed by atoms with Crippen molar-refractivity contribution >= 4 is 99.7 Å². The second-order valence-electron chi connectivity index (χ2n) is 14.7. The van der Waals surface area contributed by atoms with Crippen LogP contribution in [0.1, 0.15) is 50.7 Å². The van der Waals surface area contributed by atoms with Gasteiger partial charge in [0.15, 0.2) is 4.84 Å². The van der Waals surface area contributed by atoms with Gasteiger partial charge in [0.25, 0.3) is 11.6 Å². The highest BCUT2D eigenvalue weighted by Crippen LogP contribution is 2.39. The number of carboxylic acid groups (broad SMARTS) is 1. The Labute approximate surface area is 413 Å². The third kappa shape index (κ3) is 22.2. The fourth-order valence-electron chi connectivity index (χ4n) is 5.56. The molecule has 2 atom stereocenters. The van der Waals surface area contributed by atoms with Crippen LogP contribution in [0.3, 0.4) is 0 Å². The molecule has 0 aliphatic carbocycles. The molecule has 0 bridgehead atoms. The summed E-state index contributed by atoms with van der Waals surface area (Å²) in [6.45, 7) is 10.3. The van der Waals surface area contributed by atoms with E-state index in [0.717, 1.165) is 23.2 Å². The highest BCUT2D eigenvalue weighted by Gasteiger charge is 2.45. The maximum atomic E-state index is 12.0. The number of amides is 2. The summed E-state index contributed by atoms with van der Waals surface area (Å²) >= 11 is 22.8. The molecule has 372 valence electrons. The second kappa shape index (κ2) is 30.4. The Morgan fingerprint density at radius 3 is 2.19 bits per heavy atom. The number of anilines is 2. The number of hydrogen-bond donors (Lipinski definition) is 4. The van der Waals surface area contributed by atoms with Gasteiger partial charge in [-0.25, -0.2) is 0 Å². The lowest BCUT2D eigenvalue weighted by atomic mass is 10.0. The van der Waals surface area contributed by atoms with E-state index in [9.17, 15) is 34.0 Å². The molecule has 1 aromatic heterocycles. The number of nitro groups is 1. The van der Waals surface area contributed by atoms with Gasteiger partial charge in [0.2, 0.25) is 5.91 Å². The number of nitrogens with zero attached hydrogens (tertiary/aromatic N) is 3. The number of carboxylic acids is 1. The van der Waals surface area contributed by atoms with Crippen molar-refractivity contribution < 1.29 is 57.4 Å². The summed E-state index contributed by atoms with van der Waals surface area (Å²) in [5, 5.41) is 20.7. The molecule has 1 aliphatic heterocycles. The Kier molecular flexibility index (Phi) is 27.6. The van der Waals surface area contributed by atoms with E-state index in [1.807, 2.05) is 49.5 Å². The molecule has 0 saturated carbocycles. The Morgan fingerprint density at radius 1 is 1.07 bits per heavy atom. The molecule has 1 saturated heterocycles. The molecule has 5 N–H and O–H groups in total. The number of aliphatic carboxylic acids is 1. The molecule has 1 aliphatic rings. The number of furan rings is 1. The number of hydrogen-bond acceptors (Lipinski definition) is 13. The smallest absolute Gasteiger partial charge is 0.317 e. The molecule has 2 unspecified atom stereocenters. The fraction of sp³-hybridized carbons (Fsp3) is 0.419. The van der Waals surface area contributed by atoms with Gasteiger partial charge in [-0.1, -0.05) is 78.1 Å². The van der Waals surface area contributed by atoms with Crippen LogP contribution in [-0.4, -0.2) is 106 Å². The third-order valence-corrected chi connectivity index (χ3v) is 10.0. The molecule has 2 amide bonds. The van der Waals surface area contributed by atoms with Gasteiger partial charge in [0.1, 0.15) is 60.0 Å². The first-order valence-corrected chi connectivity index (χ1v) is 26.0. The third-order valence-electron chi connectivity index (χ3n) is 8.43. The van der Waals surface area contributed by atoms with Gasteiger partial charge in [-0.05, 0) is 86.5 Å². The van der Waals surface area contributed by atoms with Gasteiger partial charge in [0.05, 0.1) is 55.0 Å². The van der Waals surface area contributed by atoms with Crippen molar-refractivity contribution in [1.82, 2.24) is 10.2 Å². The SMILES string of the molecule is CC1(C)OC(c2ccco2)CN1C(=O)C(Cl)Cl.CCOCN(C(=O)CCl)c1c(C)cccc1CC.C[S+](C)C.Nc1c([N+](=O)[O-])ccc(Oc2ccccc2)c1Cl.O=C(O)CNCP(=O)([O-])O. The summed E-state index contributed by atoms with van der Waals surface area (Å²) in [7, 11) is -3.71.